The topological polar surface area (TPSA) is 81.4 Å². The van der Waals surface area contributed by atoms with E-state index in [0.717, 1.165) is 66.1 Å². The van der Waals surface area contributed by atoms with E-state index in [9.17, 15) is 4.79 Å². The molecule has 4 aromatic rings. The van der Waals surface area contributed by atoms with Gasteiger partial charge in [-0.3, -0.25) is 9.13 Å². The Hall–Kier alpha value is -3.48. The highest BCUT2D eigenvalue weighted by Crippen LogP contribution is 2.30. The summed E-state index contributed by atoms with van der Waals surface area (Å²) >= 11 is 0. The fraction of sp³-hybridized carbons (Fsp3) is 0.429. The summed E-state index contributed by atoms with van der Waals surface area (Å²) < 4.78 is 3.94. The third kappa shape index (κ3) is 5.29. The molecule has 7 nitrogen and oxygen atoms in total. The van der Waals surface area contributed by atoms with E-state index in [1.165, 1.54) is 25.7 Å². The van der Waals surface area contributed by atoms with Crippen molar-refractivity contribution in [1.29, 1.82) is 0 Å². The van der Waals surface area contributed by atoms with Gasteiger partial charge in [0.2, 0.25) is 5.82 Å². The number of hydrogen-bond acceptors (Lipinski definition) is 4. The molecule has 2 aromatic heterocycles. The lowest BCUT2D eigenvalue weighted by Crippen LogP contribution is -2.26. The number of hydrogen-bond donors (Lipinski definition) is 1. The van der Waals surface area contributed by atoms with Crippen LogP contribution in [0.4, 0.5) is 0 Å². The summed E-state index contributed by atoms with van der Waals surface area (Å²) in [5, 5.41) is 14.5. The monoisotopic (exact) mass is 470 g/mol. The van der Waals surface area contributed by atoms with E-state index in [0.29, 0.717) is 12.4 Å². The minimum absolute atomic E-state index is 0.126. The second kappa shape index (κ2) is 10.8. The summed E-state index contributed by atoms with van der Waals surface area (Å²) in [6.45, 7) is 3.63. The van der Waals surface area contributed by atoms with Gasteiger partial charge in [0.15, 0.2) is 0 Å². The van der Waals surface area contributed by atoms with Gasteiger partial charge in [-0.05, 0) is 47.1 Å². The quantitative estimate of drug-likeness (QED) is 0.333. The van der Waals surface area contributed by atoms with Crippen molar-refractivity contribution in [2.75, 3.05) is 0 Å². The van der Waals surface area contributed by atoms with Crippen LogP contribution in [0.3, 0.4) is 0 Å². The molecule has 2 heterocycles. The van der Waals surface area contributed by atoms with Crippen LogP contribution >= 0.6 is 0 Å². The number of H-pyrrole nitrogens is 1. The molecule has 2 aromatic carbocycles. The Labute approximate surface area is 206 Å². The number of aryl methyl sites for hydroxylation is 2. The van der Waals surface area contributed by atoms with Crippen molar-refractivity contribution in [2.45, 2.75) is 71.4 Å². The lowest BCUT2D eigenvalue weighted by molar-refractivity contribution is 0.450. The van der Waals surface area contributed by atoms with Crippen LogP contribution in [0.2, 0.25) is 0 Å². The molecule has 1 fully saturated rings. The molecule has 5 rings (SSSR count). The number of rotatable bonds is 10. The summed E-state index contributed by atoms with van der Waals surface area (Å²) in [4.78, 5) is 13.3. The Morgan fingerprint density at radius 1 is 1.03 bits per heavy atom. The zero-order valence-electron chi connectivity index (χ0n) is 20.5. The Kier molecular flexibility index (Phi) is 7.21. The number of aromatic amines is 1. The first-order chi connectivity index (χ1) is 17.2. The van der Waals surface area contributed by atoms with Crippen molar-refractivity contribution in [3.8, 4) is 22.5 Å². The molecule has 7 heteroatoms. The minimum Gasteiger partial charge on any atom is -0.299 e. The zero-order chi connectivity index (χ0) is 24.0. The van der Waals surface area contributed by atoms with Crippen LogP contribution in [-0.4, -0.2) is 29.8 Å². The first kappa shape index (κ1) is 23.3. The third-order valence-corrected chi connectivity index (χ3v) is 7.29. The van der Waals surface area contributed by atoms with E-state index in [4.69, 9.17) is 0 Å². The molecular formula is C28H34N6O. The molecule has 0 atom stereocenters. The van der Waals surface area contributed by atoms with Gasteiger partial charge in [0, 0.05) is 24.0 Å². The predicted molar refractivity (Wildman–Crippen MR) is 138 cm³/mol. The summed E-state index contributed by atoms with van der Waals surface area (Å²) in [5.41, 5.74) is 5.47. The van der Waals surface area contributed by atoms with Crippen LogP contribution in [0.1, 0.15) is 63.1 Å². The maximum atomic E-state index is 13.3. The molecule has 0 bridgehead atoms. The smallest absolute Gasteiger partial charge is 0.299 e. The average Bonchev–Trinajstić information content (AvgIpc) is 3.66. The number of unbranched alkanes of at least 4 members (excludes halogenated alkanes) is 1. The first-order valence-corrected chi connectivity index (χ1v) is 12.9. The lowest BCUT2D eigenvalue weighted by Gasteiger charge is -2.10. The standard InChI is InChI=1S/C28H34N6O/c1-2-3-10-24-20-33(18-17-21-8-4-5-9-21)28(35)34(24)19-22-13-15-23(16-14-22)25-11-6-7-12-26(25)27-29-31-32-30-27/h6-7,11-16,20-21H,2-5,8-10,17-19H2,1H3,(H,29,30,31,32). The van der Waals surface area contributed by atoms with Crippen LogP contribution in [-0.2, 0) is 19.5 Å². The third-order valence-electron chi connectivity index (χ3n) is 7.29. The second-order valence-electron chi connectivity index (χ2n) is 9.70. The van der Waals surface area contributed by atoms with Crippen LogP contribution in [0.5, 0.6) is 0 Å². The van der Waals surface area contributed by atoms with E-state index >= 15 is 0 Å². The zero-order valence-corrected chi connectivity index (χ0v) is 20.5. The molecule has 0 saturated heterocycles. The molecule has 0 amide bonds. The predicted octanol–water partition coefficient (Wildman–Crippen LogP) is 5.47. The van der Waals surface area contributed by atoms with Crippen molar-refractivity contribution in [3.05, 3.63) is 76.5 Å². The maximum absolute atomic E-state index is 13.3. The summed E-state index contributed by atoms with van der Waals surface area (Å²) in [5.74, 6) is 1.36. The van der Waals surface area contributed by atoms with Crippen molar-refractivity contribution < 1.29 is 0 Å². The number of nitrogens with one attached hydrogen (secondary N) is 1. The summed E-state index contributed by atoms with van der Waals surface area (Å²) in [6.07, 6.45) is 11.7. The van der Waals surface area contributed by atoms with Gasteiger partial charge in [-0.2, -0.15) is 5.21 Å². The van der Waals surface area contributed by atoms with Gasteiger partial charge < -0.3 is 0 Å². The second-order valence-corrected chi connectivity index (χ2v) is 9.70. The fourth-order valence-corrected chi connectivity index (χ4v) is 5.27. The van der Waals surface area contributed by atoms with Crippen LogP contribution < -0.4 is 5.69 Å². The van der Waals surface area contributed by atoms with E-state index < -0.39 is 0 Å². The average molecular weight is 471 g/mol. The van der Waals surface area contributed by atoms with E-state index in [1.54, 1.807) is 0 Å². The molecule has 182 valence electrons. The SMILES string of the molecule is CCCCc1cn(CCC2CCCC2)c(=O)n1Cc1ccc(-c2ccccc2-c2nn[nH]n2)cc1. The number of tetrazole rings is 1. The Morgan fingerprint density at radius 3 is 2.51 bits per heavy atom. The van der Waals surface area contributed by atoms with Crippen molar-refractivity contribution in [1.82, 2.24) is 29.8 Å². The Bertz CT molecular complexity index is 1280. The molecule has 1 N–H and O–H groups in total. The normalized spacial score (nSPS) is 14.1. The molecule has 1 aliphatic carbocycles. The first-order valence-electron chi connectivity index (χ1n) is 12.9. The van der Waals surface area contributed by atoms with Crippen LogP contribution in [0.15, 0.2) is 59.5 Å². The highest BCUT2D eigenvalue weighted by molar-refractivity contribution is 5.80. The van der Waals surface area contributed by atoms with Gasteiger partial charge in [0.1, 0.15) is 0 Å². The van der Waals surface area contributed by atoms with Crippen LogP contribution in [0.25, 0.3) is 22.5 Å². The number of aromatic nitrogens is 6. The van der Waals surface area contributed by atoms with Gasteiger partial charge in [-0.25, -0.2) is 4.79 Å². The summed E-state index contributed by atoms with van der Waals surface area (Å²) in [7, 11) is 0. The Balaban J connectivity index is 1.37. The number of benzene rings is 2. The molecule has 0 unspecified atom stereocenters. The van der Waals surface area contributed by atoms with E-state index in [2.05, 4.69) is 64.1 Å². The molecule has 0 aliphatic heterocycles. The molecule has 1 saturated carbocycles. The maximum Gasteiger partial charge on any atom is 0.328 e. The van der Waals surface area contributed by atoms with Crippen molar-refractivity contribution in [3.63, 3.8) is 0 Å². The van der Waals surface area contributed by atoms with Gasteiger partial charge in [0.25, 0.3) is 0 Å². The largest absolute Gasteiger partial charge is 0.328 e. The Morgan fingerprint density at radius 2 is 1.80 bits per heavy atom. The molecular weight excluding hydrogens is 436 g/mol. The highest BCUT2D eigenvalue weighted by Gasteiger charge is 2.17. The molecule has 35 heavy (non-hydrogen) atoms. The van der Waals surface area contributed by atoms with Crippen molar-refractivity contribution >= 4 is 0 Å². The summed E-state index contributed by atoms with van der Waals surface area (Å²) in [6, 6.07) is 16.5. The highest BCUT2D eigenvalue weighted by atomic mass is 16.1. The molecule has 0 spiro atoms. The van der Waals surface area contributed by atoms with Crippen LogP contribution in [0, 0.1) is 5.92 Å². The number of nitrogens with zero attached hydrogens (tertiary/aromatic N) is 5. The van der Waals surface area contributed by atoms with Gasteiger partial charge in [0.05, 0.1) is 6.54 Å². The van der Waals surface area contributed by atoms with E-state index in [1.807, 2.05) is 27.3 Å². The van der Waals surface area contributed by atoms with Gasteiger partial charge in [-0.1, -0.05) is 87.6 Å². The molecule has 1 aliphatic rings. The van der Waals surface area contributed by atoms with Gasteiger partial charge in [-0.15, -0.1) is 10.2 Å². The lowest BCUT2D eigenvalue weighted by atomic mass is 9.98. The number of imidazole rings is 1. The minimum atomic E-state index is 0.126. The van der Waals surface area contributed by atoms with E-state index in [-0.39, 0.29) is 5.69 Å². The molecule has 0 radical (unpaired) electrons. The fourth-order valence-electron chi connectivity index (χ4n) is 5.27. The van der Waals surface area contributed by atoms with Crippen molar-refractivity contribution in [2.24, 2.45) is 5.92 Å². The van der Waals surface area contributed by atoms with Gasteiger partial charge >= 0.3 is 5.69 Å².